The fourth-order valence-corrected chi connectivity index (χ4v) is 2.13. The quantitative estimate of drug-likeness (QED) is 0.838. The first-order valence-corrected chi connectivity index (χ1v) is 6.96. The van der Waals surface area contributed by atoms with Gasteiger partial charge in [0.05, 0.1) is 11.1 Å². The third kappa shape index (κ3) is 3.69. The summed E-state index contributed by atoms with van der Waals surface area (Å²) in [4.78, 5) is 0. The van der Waals surface area contributed by atoms with Crippen LogP contribution >= 0.6 is 27.5 Å². The standard InChI is InChI=1S/C14H11BrClF2NO/c15-11-4-2-9(6-12(11)16)19-7-14(20)10-3-1-8(17)5-13(10)18/h1-6,14,19-20H,7H2. The van der Waals surface area contributed by atoms with Crippen molar-refractivity contribution in [2.75, 3.05) is 11.9 Å². The van der Waals surface area contributed by atoms with E-state index in [2.05, 4.69) is 21.2 Å². The van der Waals surface area contributed by atoms with E-state index in [0.29, 0.717) is 10.7 Å². The van der Waals surface area contributed by atoms with Gasteiger partial charge in [-0.25, -0.2) is 8.78 Å². The molecule has 2 aromatic rings. The van der Waals surface area contributed by atoms with E-state index < -0.39 is 17.7 Å². The van der Waals surface area contributed by atoms with Gasteiger partial charge in [-0.1, -0.05) is 17.7 Å². The van der Waals surface area contributed by atoms with Gasteiger partial charge in [-0.15, -0.1) is 0 Å². The number of rotatable bonds is 4. The fourth-order valence-electron chi connectivity index (χ4n) is 1.70. The summed E-state index contributed by atoms with van der Waals surface area (Å²) < 4.78 is 27.0. The van der Waals surface area contributed by atoms with Crippen LogP contribution in [0.1, 0.15) is 11.7 Å². The number of nitrogens with one attached hydrogen (secondary N) is 1. The number of hydrogen-bond acceptors (Lipinski definition) is 2. The van der Waals surface area contributed by atoms with Gasteiger partial charge in [-0.3, -0.25) is 0 Å². The van der Waals surface area contributed by atoms with E-state index in [4.69, 9.17) is 11.6 Å². The molecule has 106 valence electrons. The Morgan fingerprint density at radius 3 is 2.60 bits per heavy atom. The topological polar surface area (TPSA) is 32.3 Å². The van der Waals surface area contributed by atoms with Crippen LogP contribution in [0.3, 0.4) is 0 Å². The number of benzene rings is 2. The normalized spacial score (nSPS) is 12.2. The molecule has 0 amide bonds. The Kier molecular flexibility index (Phi) is 4.96. The van der Waals surface area contributed by atoms with Crippen molar-refractivity contribution in [3.63, 3.8) is 0 Å². The van der Waals surface area contributed by atoms with Crippen molar-refractivity contribution in [1.29, 1.82) is 0 Å². The monoisotopic (exact) mass is 361 g/mol. The van der Waals surface area contributed by atoms with Crippen LogP contribution in [0, 0.1) is 11.6 Å². The van der Waals surface area contributed by atoms with Crippen molar-refractivity contribution in [3.05, 3.63) is 63.1 Å². The van der Waals surface area contributed by atoms with Crippen LogP contribution in [-0.4, -0.2) is 11.7 Å². The van der Waals surface area contributed by atoms with Crippen LogP contribution in [0.4, 0.5) is 14.5 Å². The number of aliphatic hydroxyl groups is 1. The molecule has 0 aromatic heterocycles. The Bertz CT molecular complexity index is 624. The van der Waals surface area contributed by atoms with Gasteiger partial charge in [0.1, 0.15) is 11.6 Å². The summed E-state index contributed by atoms with van der Waals surface area (Å²) in [6.07, 6.45) is -1.09. The maximum atomic E-state index is 13.5. The predicted molar refractivity (Wildman–Crippen MR) is 79.0 cm³/mol. The van der Waals surface area contributed by atoms with Gasteiger partial charge in [0, 0.05) is 28.3 Å². The molecule has 0 saturated heterocycles. The molecule has 0 spiro atoms. The van der Waals surface area contributed by atoms with E-state index in [1.165, 1.54) is 6.07 Å². The van der Waals surface area contributed by atoms with E-state index in [1.54, 1.807) is 18.2 Å². The predicted octanol–water partition coefficient (Wildman–Crippen LogP) is 4.53. The zero-order valence-electron chi connectivity index (χ0n) is 10.2. The maximum absolute atomic E-state index is 13.5. The lowest BCUT2D eigenvalue weighted by Crippen LogP contribution is -2.13. The molecule has 0 fully saturated rings. The summed E-state index contributed by atoms with van der Waals surface area (Å²) in [6, 6.07) is 8.29. The SMILES string of the molecule is OC(CNc1ccc(Br)c(Cl)c1)c1ccc(F)cc1F. The van der Waals surface area contributed by atoms with Gasteiger partial charge in [-0.2, -0.15) is 0 Å². The largest absolute Gasteiger partial charge is 0.386 e. The van der Waals surface area contributed by atoms with Crippen molar-refractivity contribution in [3.8, 4) is 0 Å². The Morgan fingerprint density at radius 2 is 1.95 bits per heavy atom. The van der Waals surface area contributed by atoms with Crippen molar-refractivity contribution < 1.29 is 13.9 Å². The minimum atomic E-state index is -1.09. The average molecular weight is 363 g/mol. The van der Waals surface area contributed by atoms with Gasteiger partial charge >= 0.3 is 0 Å². The molecule has 1 atom stereocenters. The fraction of sp³-hybridized carbons (Fsp3) is 0.143. The Morgan fingerprint density at radius 1 is 1.20 bits per heavy atom. The van der Waals surface area contributed by atoms with E-state index in [-0.39, 0.29) is 12.1 Å². The van der Waals surface area contributed by atoms with Gasteiger partial charge in [0.2, 0.25) is 0 Å². The number of hydrogen-bond donors (Lipinski definition) is 2. The van der Waals surface area contributed by atoms with Gasteiger partial charge in [-0.05, 0) is 40.2 Å². The molecule has 2 N–H and O–H groups in total. The molecule has 2 nitrogen and oxygen atoms in total. The molecular weight excluding hydrogens is 352 g/mol. The second-order valence-electron chi connectivity index (χ2n) is 4.19. The van der Waals surface area contributed by atoms with Gasteiger partial charge in [0.15, 0.2) is 0 Å². The van der Waals surface area contributed by atoms with Gasteiger partial charge < -0.3 is 10.4 Å². The summed E-state index contributed by atoms with van der Waals surface area (Å²) >= 11 is 9.21. The average Bonchev–Trinajstić information content (AvgIpc) is 2.40. The second kappa shape index (κ2) is 6.52. The summed E-state index contributed by atoms with van der Waals surface area (Å²) in [7, 11) is 0. The molecule has 0 heterocycles. The maximum Gasteiger partial charge on any atom is 0.131 e. The minimum absolute atomic E-state index is 0.0436. The second-order valence-corrected chi connectivity index (χ2v) is 5.45. The molecule has 0 aliphatic rings. The van der Waals surface area contributed by atoms with E-state index in [0.717, 1.165) is 16.6 Å². The van der Waals surface area contributed by atoms with E-state index in [1.807, 2.05) is 0 Å². The number of aliphatic hydroxyl groups excluding tert-OH is 1. The highest BCUT2D eigenvalue weighted by molar-refractivity contribution is 9.10. The first kappa shape index (κ1) is 15.2. The molecule has 0 aliphatic heterocycles. The van der Waals surface area contributed by atoms with Crippen molar-refractivity contribution in [2.45, 2.75) is 6.10 Å². The third-order valence-corrected chi connectivity index (χ3v) is 3.97. The molecule has 0 saturated carbocycles. The van der Waals surface area contributed by atoms with Crippen LogP contribution in [0.15, 0.2) is 40.9 Å². The van der Waals surface area contributed by atoms with Crippen molar-refractivity contribution in [2.24, 2.45) is 0 Å². The lowest BCUT2D eigenvalue weighted by atomic mass is 10.1. The Labute approximate surface area is 128 Å². The molecule has 2 aromatic carbocycles. The van der Waals surface area contributed by atoms with Crippen molar-refractivity contribution >= 4 is 33.2 Å². The molecule has 6 heteroatoms. The molecule has 20 heavy (non-hydrogen) atoms. The summed E-state index contributed by atoms with van der Waals surface area (Å²) in [5.74, 6) is -1.45. The molecule has 0 bridgehead atoms. The highest BCUT2D eigenvalue weighted by atomic mass is 79.9. The molecule has 0 aliphatic carbocycles. The number of anilines is 1. The lowest BCUT2D eigenvalue weighted by molar-refractivity contribution is 0.186. The molecular formula is C14H11BrClF2NO. The lowest BCUT2D eigenvalue weighted by Gasteiger charge is -2.14. The summed E-state index contributed by atoms with van der Waals surface area (Å²) in [5, 5.41) is 13.4. The summed E-state index contributed by atoms with van der Waals surface area (Å²) in [5.41, 5.74) is 0.738. The van der Waals surface area contributed by atoms with Crippen LogP contribution in [0.5, 0.6) is 0 Å². The first-order valence-electron chi connectivity index (χ1n) is 5.79. The number of halogens is 4. The van der Waals surface area contributed by atoms with Crippen LogP contribution in [0.25, 0.3) is 0 Å². The van der Waals surface area contributed by atoms with Gasteiger partial charge in [0.25, 0.3) is 0 Å². The van der Waals surface area contributed by atoms with Crippen molar-refractivity contribution in [1.82, 2.24) is 0 Å². The summed E-state index contributed by atoms with van der Waals surface area (Å²) in [6.45, 7) is 0.0838. The van der Waals surface area contributed by atoms with E-state index >= 15 is 0 Å². The molecule has 0 radical (unpaired) electrons. The van der Waals surface area contributed by atoms with Crippen LogP contribution in [0.2, 0.25) is 5.02 Å². The molecule has 1 unspecified atom stereocenters. The first-order chi connectivity index (χ1) is 9.47. The Balaban J connectivity index is 2.04. The Hall–Kier alpha value is -1.17. The smallest absolute Gasteiger partial charge is 0.131 e. The van der Waals surface area contributed by atoms with Crippen LogP contribution in [-0.2, 0) is 0 Å². The third-order valence-electron chi connectivity index (χ3n) is 2.74. The molecule has 2 rings (SSSR count). The van der Waals surface area contributed by atoms with E-state index in [9.17, 15) is 13.9 Å². The highest BCUT2D eigenvalue weighted by Gasteiger charge is 2.13. The zero-order valence-corrected chi connectivity index (χ0v) is 12.5. The van der Waals surface area contributed by atoms with Crippen LogP contribution < -0.4 is 5.32 Å². The minimum Gasteiger partial charge on any atom is -0.386 e. The highest BCUT2D eigenvalue weighted by Crippen LogP contribution is 2.26. The zero-order chi connectivity index (χ0) is 14.7.